The van der Waals surface area contributed by atoms with Gasteiger partial charge in [0.2, 0.25) is 0 Å². The Bertz CT molecular complexity index is 566. The largest absolute Gasteiger partial charge is 0.416 e. The van der Waals surface area contributed by atoms with E-state index in [0.717, 1.165) is 23.8 Å². The monoisotopic (exact) mass is 304 g/mol. The van der Waals surface area contributed by atoms with Gasteiger partial charge in [-0.15, -0.1) is 0 Å². The molecule has 0 fully saturated rings. The normalized spacial score (nSPS) is 13.4. The third kappa shape index (κ3) is 3.36. The van der Waals surface area contributed by atoms with Crippen LogP contribution in [0.4, 0.5) is 17.6 Å². The molecule has 0 aliphatic rings. The van der Waals surface area contributed by atoms with E-state index in [1.54, 1.807) is 6.07 Å². The van der Waals surface area contributed by atoms with Crippen LogP contribution in [0.1, 0.15) is 22.7 Å². The highest BCUT2D eigenvalue weighted by atomic mass is 32.1. The molecule has 2 rings (SSSR count). The maximum Gasteiger partial charge on any atom is 0.416 e. The Labute approximate surface area is 117 Å². The Morgan fingerprint density at radius 1 is 1.25 bits per heavy atom. The predicted molar refractivity (Wildman–Crippen MR) is 69.5 cm³/mol. The van der Waals surface area contributed by atoms with E-state index in [0.29, 0.717) is 0 Å². The first-order valence-corrected chi connectivity index (χ1v) is 6.70. The first kappa shape index (κ1) is 15.0. The number of hydrazine groups is 1. The zero-order chi connectivity index (χ0) is 14.8. The molecule has 3 N–H and O–H groups in total. The summed E-state index contributed by atoms with van der Waals surface area (Å²) in [5.41, 5.74) is 2.11. The minimum atomic E-state index is -4.55. The molecule has 0 bridgehead atoms. The summed E-state index contributed by atoms with van der Waals surface area (Å²) in [5.74, 6) is 4.62. The van der Waals surface area contributed by atoms with E-state index >= 15 is 0 Å². The zero-order valence-corrected chi connectivity index (χ0v) is 11.1. The van der Waals surface area contributed by atoms with E-state index in [9.17, 15) is 17.6 Å². The summed E-state index contributed by atoms with van der Waals surface area (Å²) in [6, 6.07) is 3.39. The number of hydrogen-bond donors (Lipinski definition) is 2. The molecule has 0 saturated carbocycles. The van der Waals surface area contributed by atoms with Crippen molar-refractivity contribution in [3.05, 3.63) is 57.5 Å². The summed E-state index contributed by atoms with van der Waals surface area (Å²) in [7, 11) is 0. The van der Waals surface area contributed by atoms with Gasteiger partial charge in [0.05, 0.1) is 11.6 Å². The predicted octanol–water partition coefficient (Wildman–Crippen LogP) is 3.65. The number of rotatable bonds is 4. The fourth-order valence-corrected chi connectivity index (χ4v) is 2.66. The lowest BCUT2D eigenvalue weighted by molar-refractivity contribution is -0.138. The molecule has 108 valence electrons. The zero-order valence-electron chi connectivity index (χ0n) is 10.2. The van der Waals surface area contributed by atoms with Crippen LogP contribution in [0.2, 0.25) is 0 Å². The van der Waals surface area contributed by atoms with Crippen LogP contribution < -0.4 is 11.3 Å². The Morgan fingerprint density at radius 3 is 2.55 bits per heavy atom. The molecule has 2 aromatic rings. The van der Waals surface area contributed by atoms with E-state index in [-0.39, 0.29) is 12.0 Å². The van der Waals surface area contributed by atoms with Gasteiger partial charge in [-0.3, -0.25) is 11.3 Å². The molecular formula is C13H12F4N2S. The maximum absolute atomic E-state index is 13.3. The van der Waals surface area contributed by atoms with Crippen molar-refractivity contribution in [1.29, 1.82) is 0 Å². The van der Waals surface area contributed by atoms with Crippen molar-refractivity contribution < 1.29 is 17.6 Å². The van der Waals surface area contributed by atoms with Gasteiger partial charge >= 0.3 is 6.18 Å². The van der Waals surface area contributed by atoms with Crippen LogP contribution in [0.15, 0.2) is 35.0 Å². The van der Waals surface area contributed by atoms with Gasteiger partial charge in [0.15, 0.2) is 0 Å². The summed E-state index contributed by atoms with van der Waals surface area (Å²) >= 11 is 1.44. The standard InChI is InChI=1S/C13H12F4N2S/c14-9-1-2-11(13(15,16)17)10(6-9)12(19-18)5-8-3-4-20-7-8/h1-4,6-7,12,19H,5,18H2. The first-order chi connectivity index (χ1) is 9.41. The lowest BCUT2D eigenvalue weighted by atomic mass is 9.95. The van der Waals surface area contributed by atoms with Gasteiger partial charge in [-0.1, -0.05) is 0 Å². The van der Waals surface area contributed by atoms with Gasteiger partial charge in [0, 0.05) is 0 Å². The molecule has 7 heteroatoms. The lowest BCUT2D eigenvalue weighted by Crippen LogP contribution is -2.31. The number of alkyl halides is 3. The van der Waals surface area contributed by atoms with Crippen LogP contribution >= 0.6 is 11.3 Å². The quantitative estimate of drug-likeness (QED) is 0.514. The smallest absolute Gasteiger partial charge is 0.271 e. The van der Waals surface area contributed by atoms with Crippen molar-refractivity contribution in [1.82, 2.24) is 5.43 Å². The third-order valence-corrected chi connectivity index (χ3v) is 3.65. The average Bonchev–Trinajstić information content (AvgIpc) is 2.87. The number of thiophene rings is 1. The summed E-state index contributed by atoms with van der Waals surface area (Å²) in [5, 5.41) is 3.63. The van der Waals surface area contributed by atoms with Gasteiger partial charge in [-0.25, -0.2) is 4.39 Å². The molecule has 1 unspecified atom stereocenters. The molecule has 1 atom stereocenters. The van der Waals surface area contributed by atoms with E-state index in [4.69, 9.17) is 5.84 Å². The van der Waals surface area contributed by atoms with Crippen LogP contribution in [-0.4, -0.2) is 0 Å². The second kappa shape index (κ2) is 5.90. The van der Waals surface area contributed by atoms with E-state index in [2.05, 4.69) is 5.43 Å². The van der Waals surface area contributed by atoms with Gasteiger partial charge in [0.25, 0.3) is 0 Å². The molecule has 0 amide bonds. The molecule has 0 aliphatic carbocycles. The van der Waals surface area contributed by atoms with Crippen LogP contribution in [-0.2, 0) is 12.6 Å². The molecular weight excluding hydrogens is 292 g/mol. The van der Waals surface area contributed by atoms with E-state index < -0.39 is 23.6 Å². The SMILES string of the molecule is NNC(Cc1ccsc1)c1cc(F)ccc1C(F)(F)F. The fourth-order valence-electron chi connectivity index (χ4n) is 1.98. The Balaban J connectivity index is 2.40. The minimum Gasteiger partial charge on any atom is -0.271 e. The molecule has 0 saturated heterocycles. The molecule has 2 nitrogen and oxygen atoms in total. The summed E-state index contributed by atoms with van der Waals surface area (Å²) in [6.07, 6.45) is -4.29. The molecule has 1 heterocycles. The second-order valence-corrected chi connectivity index (χ2v) is 5.06. The summed E-state index contributed by atoms with van der Waals surface area (Å²) in [4.78, 5) is 0. The van der Waals surface area contributed by atoms with E-state index in [1.165, 1.54) is 11.3 Å². The highest BCUT2D eigenvalue weighted by Gasteiger charge is 2.35. The highest BCUT2D eigenvalue weighted by Crippen LogP contribution is 2.35. The third-order valence-electron chi connectivity index (χ3n) is 2.92. The van der Waals surface area contributed by atoms with Gasteiger partial charge in [-0.05, 0) is 52.6 Å². The van der Waals surface area contributed by atoms with Crippen LogP contribution in [0.5, 0.6) is 0 Å². The fraction of sp³-hybridized carbons (Fsp3) is 0.231. The van der Waals surface area contributed by atoms with Crippen molar-refractivity contribution in [2.75, 3.05) is 0 Å². The number of nitrogens with one attached hydrogen (secondary N) is 1. The van der Waals surface area contributed by atoms with Crippen molar-refractivity contribution in [2.45, 2.75) is 18.6 Å². The summed E-state index contributed by atoms with van der Waals surface area (Å²) < 4.78 is 52.2. The second-order valence-electron chi connectivity index (χ2n) is 4.28. The number of nitrogens with two attached hydrogens (primary N) is 1. The van der Waals surface area contributed by atoms with Gasteiger partial charge < -0.3 is 0 Å². The molecule has 0 radical (unpaired) electrons. The Morgan fingerprint density at radius 2 is 2.00 bits per heavy atom. The number of halogens is 4. The molecule has 0 aliphatic heterocycles. The topological polar surface area (TPSA) is 38.0 Å². The Kier molecular flexibility index (Phi) is 4.42. The average molecular weight is 304 g/mol. The van der Waals surface area contributed by atoms with Crippen molar-refractivity contribution in [3.8, 4) is 0 Å². The molecule has 0 spiro atoms. The van der Waals surface area contributed by atoms with Crippen molar-refractivity contribution in [3.63, 3.8) is 0 Å². The van der Waals surface area contributed by atoms with Crippen molar-refractivity contribution >= 4 is 11.3 Å². The minimum absolute atomic E-state index is 0.189. The first-order valence-electron chi connectivity index (χ1n) is 5.75. The van der Waals surface area contributed by atoms with Crippen LogP contribution in [0.25, 0.3) is 0 Å². The van der Waals surface area contributed by atoms with Crippen LogP contribution in [0, 0.1) is 5.82 Å². The maximum atomic E-state index is 13.3. The van der Waals surface area contributed by atoms with E-state index in [1.807, 2.05) is 10.8 Å². The Hall–Kier alpha value is -1.44. The van der Waals surface area contributed by atoms with Crippen LogP contribution in [0.3, 0.4) is 0 Å². The highest BCUT2D eigenvalue weighted by molar-refractivity contribution is 7.07. The molecule has 1 aromatic carbocycles. The molecule has 1 aromatic heterocycles. The number of hydrogen-bond acceptors (Lipinski definition) is 3. The molecule has 20 heavy (non-hydrogen) atoms. The van der Waals surface area contributed by atoms with Crippen molar-refractivity contribution in [2.24, 2.45) is 5.84 Å². The van der Waals surface area contributed by atoms with Gasteiger partial charge in [-0.2, -0.15) is 24.5 Å². The van der Waals surface area contributed by atoms with Gasteiger partial charge in [0.1, 0.15) is 5.82 Å². The number of benzene rings is 1. The summed E-state index contributed by atoms with van der Waals surface area (Å²) in [6.45, 7) is 0. The lowest BCUT2D eigenvalue weighted by Gasteiger charge is -2.21.